The third-order valence-electron chi connectivity index (χ3n) is 4.19. The standard InChI is InChI=1S/C20H17NO5S2/c1-3-24-14-6-4-12(8-16(14)23-2)9-18-19(22)21(20(27)28-18)13-5-7-15-17(10-13)26-11-25-15/h4-10H,3,11H2,1-2H3. The highest BCUT2D eigenvalue weighted by atomic mass is 32.2. The summed E-state index contributed by atoms with van der Waals surface area (Å²) in [4.78, 5) is 15.0. The molecule has 0 aliphatic carbocycles. The van der Waals surface area contributed by atoms with Gasteiger partial charge in [-0.15, -0.1) is 0 Å². The molecule has 0 N–H and O–H groups in total. The van der Waals surface area contributed by atoms with Crippen LogP contribution in [0.3, 0.4) is 0 Å². The van der Waals surface area contributed by atoms with Crippen LogP contribution in [0.4, 0.5) is 5.69 Å². The van der Waals surface area contributed by atoms with Gasteiger partial charge < -0.3 is 18.9 Å². The van der Waals surface area contributed by atoms with Crippen molar-refractivity contribution in [3.05, 3.63) is 46.9 Å². The molecule has 0 bridgehead atoms. The van der Waals surface area contributed by atoms with Crippen molar-refractivity contribution in [3.63, 3.8) is 0 Å². The average Bonchev–Trinajstić information content (AvgIpc) is 3.26. The summed E-state index contributed by atoms with van der Waals surface area (Å²) in [6, 6.07) is 10.9. The van der Waals surface area contributed by atoms with Crippen molar-refractivity contribution in [1.82, 2.24) is 0 Å². The van der Waals surface area contributed by atoms with Gasteiger partial charge in [-0.25, -0.2) is 0 Å². The molecule has 144 valence electrons. The second kappa shape index (κ2) is 7.73. The van der Waals surface area contributed by atoms with Crippen LogP contribution in [-0.4, -0.2) is 30.7 Å². The molecule has 0 unspecified atom stereocenters. The van der Waals surface area contributed by atoms with Crippen LogP contribution in [-0.2, 0) is 4.79 Å². The van der Waals surface area contributed by atoms with E-state index < -0.39 is 0 Å². The van der Waals surface area contributed by atoms with Crippen LogP contribution in [0, 0.1) is 0 Å². The topological polar surface area (TPSA) is 57.2 Å². The Balaban J connectivity index is 1.62. The quantitative estimate of drug-likeness (QED) is 0.535. The fourth-order valence-electron chi connectivity index (χ4n) is 2.91. The third-order valence-corrected chi connectivity index (χ3v) is 5.50. The van der Waals surface area contributed by atoms with E-state index >= 15 is 0 Å². The molecule has 0 radical (unpaired) electrons. The van der Waals surface area contributed by atoms with E-state index in [0.717, 1.165) is 5.56 Å². The number of methoxy groups -OCH3 is 1. The largest absolute Gasteiger partial charge is 0.493 e. The number of benzene rings is 2. The number of thiocarbonyl (C=S) groups is 1. The smallest absolute Gasteiger partial charge is 0.270 e. The maximum Gasteiger partial charge on any atom is 0.270 e. The number of rotatable bonds is 5. The molecule has 28 heavy (non-hydrogen) atoms. The number of amides is 1. The van der Waals surface area contributed by atoms with E-state index in [0.29, 0.717) is 44.5 Å². The first-order valence-corrected chi connectivity index (χ1v) is 9.81. The van der Waals surface area contributed by atoms with Crippen molar-refractivity contribution in [2.24, 2.45) is 0 Å². The van der Waals surface area contributed by atoms with Crippen LogP contribution in [0.2, 0.25) is 0 Å². The molecular formula is C20H17NO5S2. The van der Waals surface area contributed by atoms with Crippen LogP contribution in [0.15, 0.2) is 41.3 Å². The highest BCUT2D eigenvalue weighted by Gasteiger charge is 2.34. The van der Waals surface area contributed by atoms with Crippen LogP contribution < -0.4 is 23.8 Å². The molecule has 0 spiro atoms. The first kappa shape index (κ1) is 18.6. The minimum absolute atomic E-state index is 0.177. The Hall–Kier alpha value is -2.71. The summed E-state index contributed by atoms with van der Waals surface area (Å²) in [5.74, 6) is 2.36. The Morgan fingerprint density at radius 3 is 2.79 bits per heavy atom. The fourth-order valence-corrected chi connectivity index (χ4v) is 4.21. The Kier molecular flexibility index (Phi) is 5.15. The predicted molar refractivity (Wildman–Crippen MR) is 112 cm³/mol. The molecule has 0 aromatic heterocycles. The summed E-state index contributed by atoms with van der Waals surface area (Å²) in [7, 11) is 1.58. The number of carbonyl (C=O) groups excluding carboxylic acids is 1. The summed E-state index contributed by atoms with van der Waals surface area (Å²) in [5, 5.41) is 0. The molecule has 1 amide bonds. The summed E-state index contributed by atoms with van der Waals surface area (Å²) in [6.45, 7) is 2.63. The van der Waals surface area contributed by atoms with Crippen LogP contribution in [0.5, 0.6) is 23.0 Å². The lowest BCUT2D eigenvalue weighted by Crippen LogP contribution is -2.27. The third kappa shape index (κ3) is 3.41. The zero-order chi connectivity index (χ0) is 19.7. The maximum absolute atomic E-state index is 13.0. The van der Waals surface area contributed by atoms with Crippen LogP contribution >= 0.6 is 24.0 Å². The minimum Gasteiger partial charge on any atom is -0.493 e. The molecule has 2 aromatic carbocycles. The monoisotopic (exact) mass is 415 g/mol. The van der Waals surface area contributed by atoms with Gasteiger partial charge in [0.25, 0.3) is 5.91 Å². The summed E-state index contributed by atoms with van der Waals surface area (Å²) >= 11 is 6.69. The van der Waals surface area contributed by atoms with Crippen molar-refractivity contribution in [2.75, 3.05) is 25.4 Å². The Morgan fingerprint density at radius 2 is 2.00 bits per heavy atom. The maximum atomic E-state index is 13.0. The highest BCUT2D eigenvalue weighted by molar-refractivity contribution is 8.27. The minimum atomic E-state index is -0.179. The molecule has 2 aromatic rings. The van der Waals surface area contributed by atoms with E-state index in [1.165, 1.54) is 16.7 Å². The number of carbonyl (C=O) groups is 1. The van der Waals surface area contributed by atoms with Crippen molar-refractivity contribution < 1.29 is 23.7 Å². The van der Waals surface area contributed by atoms with E-state index in [4.69, 9.17) is 31.2 Å². The molecule has 8 heteroatoms. The molecule has 2 heterocycles. The van der Waals surface area contributed by atoms with Crippen LogP contribution in [0.25, 0.3) is 6.08 Å². The molecule has 1 saturated heterocycles. The molecule has 1 fully saturated rings. The van der Waals surface area contributed by atoms with Gasteiger partial charge in [-0.3, -0.25) is 9.69 Å². The van der Waals surface area contributed by atoms with E-state index in [1.807, 2.05) is 25.1 Å². The van der Waals surface area contributed by atoms with Gasteiger partial charge in [-0.1, -0.05) is 30.0 Å². The van der Waals surface area contributed by atoms with E-state index in [-0.39, 0.29) is 12.7 Å². The zero-order valence-corrected chi connectivity index (χ0v) is 16.9. The van der Waals surface area contributed by atoms with Gasteiger partial charge in [0, 0.05) is 6.07 Å². The number of hydrogen-bond donors (Lipinski definition) is 0. The molecule has 2 aliphatic rings. The lowest BCUT2D eigenvalue weighted by molar-refractivity contribution is -0.113. The first-order chi connectivity index (χ1) is 13.6. The van der Waals surface area contributed by atoms with Crippen molar-refractivity contribution in [3.8, 4) is 23.0 Å². The summed E-state index contributed by atoms with van der Waals surface area (Å²) < 4.78 is 22.1. The molecule has 4 rings (SSSR count). The zero-order valence-electron chi connectivity index (χ0n) is 15.3. The molecule has 2 aliphatic heterocycles. The van der Waals surface area contributed by atoms with Gasteiger partial charge in [0.05, 0.1) is 24.3 Å². The summed E-state index contributed by atoms with van der Waals surface area (Å²) in [5.41, 5.74) is 1.48. The van der Waals surface area contributed by atoms with E-state index in [2.05, 4.69) is 0 Å². The molecule has 6 nitrogen and oxygen atoms in total. The lowest BCUT2D eigenvalue weighted by Gasteiger charge is -2.14. The fraction of sp³-hybridized carbons (Fsp3) is 0.200. The average molecular weight is 415 g/mol. The number of fused-ring (bicyclic) bond motifs is 1. The summed E-state index contributed by atoms with van der Waals surface area (Å²) in [6.07, 6.45) is 1.80. The van der Waals surface area contributed by atoms with Gasteiger partial charge in [-0.05, 0) is 42.8 Å². The first-order valence-electron chi connectivity index (χ1n) is 8.59. The van der Waals surface area contributed by atoms with Crippen LogP contribution in [0.1, 0.15) is 12.5 Å². The normalized spacial score (nSPS) is 16.8. The number of nitrogens with zero attached hydrogens (tertiary/aromatic N) is 1. The Bertz CT molecular complexity index is 989. The number of anilines is 1. The van der Waals surface area contributed by atoms with Gasteiger partial charge in [0.1, 0.15) is 0 Å². The molecule has 0 atom stereocenters. The van der Waals surface area contributed by atoms with Gasteiger partial charge in [-0.2, -0.15) is 0 Å². The van der Waals surface area contributed by atoms with Crippen molar-refractivity contribution in [2.45, 2.75) is 6.92 Å². The predicted octanol–water partition coefficient (Wildman–Crippen LogP) is 4.23. The molecule has 0 saturated carbocycles. The SMILES string of the molecule is CCOc1ccc(C=C2SC(=S)N(c3ccc4c(c3)OCO4)C2=O)cc1OC. The second-order valence-corrected chi connectivity index (χ2v) is 7.57. The van der Waals surface area contributed by atoms with E-state index in [1.54, 1.807) is 31.4 Å². The van der Waals surface area contributed by atoms with Gasteiger partial charge in [0.2, 0.25) is 6.79 Å². The van der Waals surface area contributed by atoms with E-state index in [9.17, 15) is 4.79 Å². The van der Waals surface area contributed by atoms with Crippen molar-refractivity contribution >= 4 is 46.0 Å². The van der Waals surface area contributed by atoms with Crippen molar-refractivity contribution in [1.29, 1.82) is 0 Å². The van der Waals surface area contributed by atoms with Gasteiger partial charge >= 0.3 is 0 Å². The number of ether oxygens (including phenoxy) is 4. The Labute approximate surface area is 172 Å². The number of hydrogen-bond acceptors (Lipinski definition) is 7. The molecular weight excluding hydrogens is 398 g/mol. The second-order valence-electron chi connectivity index (χ2n) is 5.90. The van der Waals surface area contributed by atoms with Gasteiger partial charge in [0.15, 0.2) is 27.3 Å². The Morgan fingerprint density at radius 1 is 1.18 bits per heavy atom. The number of thioether (sulfide) groups is 1. The lowest BCUT2D eigenvalue weighted by atomic mass is 10.1. The highest BCUT2D eigenvalue weighted by Crippen LogP contribution is 2.41.